The Morgan fingerprint density at radius 2 is 2.17 bits per heavy atom. The standard InChI is InChI=1S/C7H14N2O3/c1-3-5(8)7(11)9-4-6(10)12-2/h5H,3-4,8H2,1-2H3,(H,9,11)/t5-/m0/s1. The van der Waals surface area contributed by atoms with Crippen molar-refractivity contribution < 1.29 is 14.3 Å². The Bertz CT molecular complexity index is 170. The molecule has 3 N–H and O–H groups in total. The molecule has 5 heteroatoms. The lowest BCUT2D eigenvalue weighted by atomic mass is 10.2. The van der Waals surface area contributed by atoms with E-state index in [1.165, 1.54) is 7.11 Å². The predicted octanol–water partition coefficient (Wildman–Crippen LogP) is -0.987. The molecular formula is C7H14N2O3. The first kappa shape index (κ1) is 10.9. The number of hydrogen-bond acceptors (Lipinski definition) is 4. The van der Waals surface area contributed by atoms with E-state index in [0.29, 0.717) is 6.42 Å². The van der Waals surface area contributed by atoms with Gasteiger partial charge in [0.25, 0.3) is 0 Å². The first-order valence-electron chi connectivity index (χ1n) is 3.72. The zero-order valence-corrected chi connectivity index (χ0v) is 7.29. The summed E-state index contributed by atoms with van der Waals surface area (Å²) in [7, 11) is 1.26. The largest absolute Gasteiger partial charge is 0.468 e. The fraction of sp³-hybridized carbons (Fsp3) is 0.714. The van der Waals surface area contributed by atoms with E-state index in [1.54, 1.807) is 6.92 Å². The molecule has 0 aliphatic carbocycles. The molecule has 0 saturated carbocycles. The number of hydrogen-bond donors (Lipinski definition) is 2. The SMILES string of the molecule is CC[C@H](N)C(=O)NCC(=O)OC. The molecule has 0 aromatic rings. The summed E-state index contributed by atoms with van der Waals surface area (Å²) in [6, 6.07) is -0.547. The lowest BCUT2D eigenvalue weighted by Crippen LogP contribution is -2.42. The van der Waals surface area contributed by atoms with Gasteiger partial charge in [-0.15, -0.1) is 0 Å². The lowest BCUT2D eigenvalue weighted by Gasteiger charge is -2.08. The Kier molecular flexibility index (Phi) is 5.03. The Hall–Kier alpha value is -1.10. The van der Waals surface area contributed by atoms with E-state index in [9.17, 15) is 9.59 Å². The van der Waals surface area contributed by atoms with Crippen molar-refractivity contribution >= 4 is 11.9 Å². The molecule has 0 aliphatic rings. The van der Waals surface area contributed by atoms with Gasteiger partial charge in [0.05, 0.1) is 13.2 Å². The van der Waals surface area contributed by atoms with Crippen LogP contribution in [-0.4, -0.2) is 31.6 Å². The quantitative estimate of drug-likeness (QED) is 0.536. The maximum atomic E-state index is 11.0. The molecule has 0 radical (unpaired) electrons. The number of nitrogens with one attached hydrogen (secondary N) is 1. The first-order chi connectivity index (χ1) is 5.61. The van der Waals surface area contributed by atoms with Crippen LogP contribution in [0.1, 0.15) is 13.3 Å². The Morgan fingerprint density at radius 1 is 1.58 bits per heavy atom. The van der Waals surface area contributed by atoms with Crippen molar-refractivity contribution in [3.8, 4) is 0 Å². The minimum absolute atomic E-state index is 0.122. The van der Waals surface area contributed by atoms with Gasteiger partial charge in [-0.2, -0.15) is 0 Å². The van der Waals surface area contributed by atoms with Crippen LogP contribution in [0.25, 0.3) is 0 Å². The number of amides is 1. The molecule has 5 nitrogen and oxygen atoms in total. The van der Waals surface area contributed by atoms with Gasteiger partial charge >= 0.3 is 5.97 Å². The van der Waals surface area contributed by atoms with Gasteiger partial charge in [0.1, 0.15) is 6.54 Å². The van der Waals surface area contributed by atoms with Gasteiger partial charge in [-0.05, 0) is 6.42 Å². The van der Waals surface area contributed by atoms with Gasteiger partial charge in [0, 0.05) is 0 Å². The molecule has 0 rings (SSSR count). The zero-order valence-electron chi connectivity index (χ0n) is 7.29. The summed E-state index contributed by atoms with van der Waals surface area (Å²) in [6.45, 7) is 1.67. The Morgan fingerprint density at radius 3 is 2.58 bits per heavy atom. The van der Waals surface area contributed by atoms with Crippen molar-refractivity contribution in [3.05, 3.63) is 0 Å². The highest BCUT2D eigenvalue weighted by molar-refractivity contribution is 5.85. The van der Waals surface area contributed by atoms with Crippen LogP contribution in [-0.2, 0) is 14.3 Å². The van der Waals surface area contributed by atoms with Gasteiger partial charge < -0.3 is 15.8 Å². The molecule has 0 spiro atoms. The van der Waals surface area contributed by atoms with Crippen LogP contribution in [0.3, 0.4) is 0 Å². The summed E-state index contributed by atoms with van der Waals surface area (Å²) >= 11 is 0. The highest BCUT2D eigenvalue weighted by Crippen LogP contribution is 1.84. The Labute approximate surface area is 71.3 Å². The molecule has 0 fully saturated rings. The average molecular weight is 174 g/mol. The van der Waals surface area contributed by atoms with Crippen molar-refractivity contribution in [2.45, 2.75) is 19.4 Å². The first-order valence-corrected chi connectivity index (χ1v) is 3.72. The highest BCUT2D eigenvalue weighted by Gasteiger charge is 2.11. The molecule has 0 aromatic carbocycles. The second-order valence-corrected chi connectivity index (χ2v) is 2.31. The average Bonchev–Trinajstić information content (AvgIpc) is 2.11. The molecule has 0 unspecified atom stereocenters. The monoisotopic (exact) mass is 174 g/mol. The minimum Gasteiger partial charge on any atom is -0.468 e. The molecule has 0 saturated heterocycles. The van der Waals surface area contributed by atoms with E-state index >= 15 is 0 Å². The van der Waals surface area contributed by atoms with Gasteiger partial charge in [-0.3, -0.25) is 9.59 Å². The number of methoxy groups -OCH3 is 1. The summed E-state index contributed by atoms with van der Waals surface area (Å²) in [5.41, 5.74) is 5.38. The summed E-state index contributed by atoms with van der Waals surface area (Å²) < 4.78 is 4.32. The molecule has 0 aliphatic heterocycles. The third-order valence-electron chi connectivity index (χ3n) is 1.41. The van der Waals surface area contributed by atoms with Crippen molar-refractivity contribution in [2.24, 2.45) is 5.73 Å². The van der Waals surface area contributed by atoms with Gasteiger partial charge in [0.2, 0.25) is 5.91 Å². The summed E-state index contributed by atoms with van der Waals surface area (Å²) in [5, 5.41) is 2.35. The van der Waals surface area contributed by atoms with Crippen molar-refractivity contribution in [1.82, 2.24) is 5.32 Å². The molecule has 1 atom stereocenters. The van der Waals surface area contributed by atoms with Crippen LogP contribution in [0.2, 0.25) is 0 Å². The van der Waals surface area contributed by atoms with Crippen molar-refractivity contribution in [2.75, 3.05) is 13.7 Å². The summed E-state index contributed by atoms with van der Waals surface area (Å²) in [4.78, 5) is 21.5. The fourth-order valence-electron chi connectivity index (χ4n) is 0.548. The van der Waals surface area contributed by atoms with E-state index in [-0.39, 0.29) is 12.5 Å². The zero-order chi connectivity index (χ0) is 9.56. The van der Waals surface area contributed by atoms with E-state index in [4.69, 9.17) is 5.73 Å². The fourth-order valence-corrected chi connectivity index (χ4v) is 0.548. The number of carbonyl (C=O) groups excluding carboxylic acids is 2. The topological polar surface area (TPSA) is 81.4 Å². The predicted molar refractivity (Wildman–Crippen MR) is 43.3 cm³/mol. The summed E-state index contributed by atoms with van der Waals surface area (Å²) in [5.74, 6) is -0.811. The van der Waals surface area contributed by atoms with Crippen LogP contribution in [0.5, 0.6) is 0 Å². The van der Waals surface area contributed by atoms with Crippen LogP contribution < -0.4 is 11.1 Å². The number of ether oxygens (including phenoxy) is 1. The summed E-state index contributed by atoms with van der Waals surface area (Å²) in [6.07, 6.45) is 0.549. The minimum atomic E-state index is -0.547. The third kappa shape index (κ3) is 3.92. The van der Waals surface area contributed by atoms with Crippen LogP contribution in [0.15, 0.2) is 0 Å². The molecule has 1 amide bonds. The maximum Gasteiger partial charge on any atom is 0.325 e. The van der Waals surface area contributed by atoms with Gasteiger partial charge in [-0.25, -0.2) is 0 Å². The van der Waals surface area contributed by atoms with E-state index in [1.807, 2.05) is 0 Å². The normalized spacial score (nSPS) is 11.9. The molecule has 12 heavy (non-hydrogen) atoms. The van der Waals surface area contributed by atoms with Gasteiger partial charge in [-0.1, -0.05) is 6.92 Å². The highest BCUT2D eigenvalue weighted by atomic mass is 16.5. The lowest BCUT2D eigenvalue weighted by molar-refractivity contribution is -0.141. The number of carbonyl (C=O) groups is 2. The van der Waals surface area contributed by atoms with E-state index in [0.717, 1.165) is 0 Å². The van der Waals surface area contributed by atoms with Crippen LogP contribution >= 0.6 is 0 Å². The third-order valence-corrected chi connectivity index (χ3v) is 1.41. The smallest absolute Gasteiger partial charge is 0.325 e. The number of nitrogens with two attached hydrogens (primary N) is 1. The molecular weight excluding hydrogens is 160 g/mol. The number of esters is 1. The molecule has 70 valence electrons. The number of rotatable bonds is 4. The van der Waals surface area contributed by atoms with E-state index < -0.39 is 12.0 Å². The molecule has 0 heterocycles. The Balaban J connectivity index is 3.64. The van der Waals surface area contributed by atoms with E-state index in [2.05, 4.69) is 10.1 Å². The second kappa shape index (κ2) is 5.54. The molecule has 0 bridgehead atoms. The maximum absolute atomic E-state index is 11.0. The molecule has 0 aromatic heterocycles. The van der Waals surface area contributed by atoms with Gasteiger partial charge in [0.15, 0.2) is 0 Å². The van der Waals surface area contributed by atoms with Crippen molar-refractivity contribution in [3.63, 3.8) is 0 Å². The van der Waals surface area contributed by atoms with Crippen molar-refractivity contribution in [1.29, 1.82) is 0 Å². The van der Waals surface area contributed by atoms with Crippen LogP contribution in [0, 0.1) is 0 Å². The van der Waals surface area contributed by atoms with Crippen LogP contribution in [0.4, 0.5) is 0 Å². The second-order valence-electron chi connectivity index (χ2n) is 2.31.